The van der Waals surface area contributed by atoms with Crippen molar-refractivity contribution in [2.75, 3.05) is 38.9 Å². The van der Waals surface area contributed by atoms with Crippen LogP contribution < -0.4 is 20.5 Å². The molecule has 0 saturated carbocycles. The van der Waals surface area contributed by atoms with Crippen LogP contribution in [0.3, 0.4) is 0 Å². The second-order valence-corrected chi connectivity index (χ2v) is 8.29. The van der Waals surface area contributed by atoms with E-state index in [2.05, 4.69) is 40.6 Å². The third-order valence-corrected chi connectivity index (χ3v) is 5.41. The molecule has 2 aromatic heterocycles. The highest BCUT2D eigenvalue weighted by atomic mass is 16.5. The quantitative estimate of drug-likeness (QED) is 0.400. The van der Waals surface area contributed by atoms with Gasteiger partial charge in [-0.3, -0.25) is 9.58 Å². The van der Waals surface area contributed by atoms with E-state index in [-0.39, 0.29) is 12.0 Å². The lowest BCUT2D eigenvalue weighted by Crippen LogP contribution is -2.17. The monoisotopic (exact) mass is 453 g/mol. The molecular formula is C24H35N7O2. The molecule has 3 N–H and O–H groups in total. The van der Waals surface area contributed by atoms with Crippen molar-refractivity contribution in [3.63, 3.8) is 0 Å². The summed E-state index contributed by atoms with van der Waals surface area (Å²) < 4.78 is 13.3. The lowest BCUT2D eigenvalue weighted by molar-refractivity contribution is 0.355. The number of nitrogens with one attached hydrogen (secondary N) is 1. The van der Waals surface area contributed by atoms with E-state index in [0.29, 0.717) is 23.4 Å². The van der Waals surface area contributed by atoms with Crippen LogP contribution in [0.2, 0.25) is 0 Å². The average molecular weight is 454 g/mol. The van der Waals surface area contributed by atoms with Gasteiger partial charge in [0.2, 0.25) is 5.95 Å². The average Bonchev–Trinajstić information content (AvgIpc) is 3.17. The Hall–Kier alpha value is -3.33. The van der Waals surface area contributed by atoms with Crippen LogP contribution in [0.4, 0.5) is 11.8 Å². The minimum absolute atomic E-state index is 0.219. The largest absolute Gasteiger partial charge is 0.496 e. The molecule has 33 heavy (non-hydrogen) atoms. The summed E-state index contributed by atoms with van der Waals surface area (Å²) in [6.45, 7) is 10.1. The first-order valence-corrected chi connectivity index (χ1v) is 11.2. The maximum atomic E-state index is 5.96. The molecule has 0 aliphatic heterocycles. The minimum atomic E-state index is 0.219. The van der Waals surface area contributed by atoms with Crippen LogP contribution in [0.1, 0.15) is 37.8 Å². The van der Waals surface area contributed by atoms with E-state index >= 15 is 0 Å². The molecule has 178 valence electrons. The predicted molar refractivity (Wildman–Crippen MR) is 133 cm³/mol. The fourth-order valence-corrected chi connectivity index (χ4v) is 3.94. The molecule has 1 atom stereocenters. The molecule has 9 heteroatoms. The van der Waals surface area contributed by atoms with E-state index in [1.54, 1.807) is 14.2 Å². The van der Waals surface area contributed by atoms with Crippen molar-refractivity contribution in [1.29, 1.82) is 0 Å². The second kappa shape index (κ2) is 11.0. The highest BCUT2D eigenvalue weighted by Gasteiger charge is 2.17. The van der Waals surface area contributed by atoms with Gasteiger partial charge < -0.3 is 20.5 Å². The molecule has 0 spiro atoms. The van der Waals surface area contributed by atoms with Gasteiger partial charge in [0.1, 0.15) is 17.0 Å². The van der Waals surface area contributed by atoms with Gasteiger partial charge in [0.15, 0.2) is 11.3 Å². The molecule has 1 aromatic carbocycles. The van der Waals surface area contributed by atoms with Crippen molar-refractivity contribution >= 4 is 22.8 Å². The Bertz CT molecular complexity index is 1070. The molecule has 3 aromatic rings. The zero-order valence-corrected chi connectivity index (χ0v) is 20.3. The van der Waals surface area contributed by atoms with Gasteiger partial charge in [-0.05, 0) is 38.1 Å². The number of nitrogens with two attached hydrogens (primary N) is 1. The Morgan fingerprint density at radius 3 is 2.55 bits per heavy atom. The van der Waals surface area contributed by atoms with Crippen molar-refractivity contribution in [2.24, 2.45) is 0 Å². The third kappa shape index (κ3) is 5.92. The predicted octanol–water partition coefficient (Wildman–Crippen LogP) is 3.69. The van der Waals surface area contributed by atoms with Gasteiger partial charge in [0.05, 0.1) is 32.5 Å². The summed E-state index contributed by atoms with van der Waals surface area (Å²) in [7, 11) is 5.38. The number of nitrogens with zero attached hydrogens (tertiary/aromatic N) is 5. The fourth-order valence-electron chi connectivity index (χ4n) is 3.94. The van der Waals surface area contributed by atoms with E-state index in [1.807, 2.05) is 36.1 Å². The molecule has 0 aliphatic rings. The van der Waals surface area contributed by atoms with Crippen LogP contribution in [0.25, 0.3) is 11.0 Å². The molecule has 0 aliphatic carbocycles. The van der Waals surface area contributed by atoms with E-state index < -0.39 is 0 Å². The van der Waals surface area contributed by atoms with E-state index in [4.69, 9.17) is 20.3 Å². The first kappa shape index (κ1) is 24.3. The maximum absolute atomic E-state index is 5.96. The van der Waals surface area contributed by atoms with Crippen molar-refractivity contribution in [3.05, 3.63) is 42.1 Å². The number of hydrogen-bond acceptors (Lipinski definition) is 8. The summed E-state index contributed by atoms with van der Waals surface area (Å²) >= 11 is 0. The van der Waals surface area contributed by atoms with Crippen molar-refractivity contribution in [3.8, 4) is 11.5 Å². The van der Waals surface area contributed by atoms with Crippen LogP contribution in [-0.4, -0.2) is 58.5 Å². The van der Waals surface area contributed by atoms with E-state index in [0.717, 1.165) is 48.6 Å². The summed E-state index contributed by atoms with van der Waals surface area (Å²) in [5, 5.41) is 8.17. The summed E-state index contributed by atoms with van der Waals surface area (Å²) in [6.07, 6.45) is 5.85. The SMILES string of the molecule is C=CCN(C)Cc1cc(OC)c(Cn2cc3nc(N)nc(N[C@@H](C)CCC)c3n2)c(OC)c1. The highest BCUT2D eigenvalue weighted by Crippen LogP contribution is 2.32. The number of hydrogen-bond donors (Lipinski definition) is 2. The van der Waals surface area contributed by atoms with Gasteiger partial charge in [0.25, 0.3) is 0 Å². The van der Waals surface area contributed by atoms with Crippen LogP contribution >= 0.6 is 0 Å². The van der Waals surface area contributed by atoms with Crippen LogP contribution in [0, 0.1) is 0 Å². The topological polar surface area (TPSA) is 103 Å². The minimum Gasteiger partial charge on any atom is -0.496 e. The second-order valence-electron chi connectivity index (χ2n) is 8.29. The molecule has 9 nitrogen and oxygen atoms in total. The Kier molecular flexibility index (Phi) is 8.11. The van der Waals surface area contributed by atoms with Crippen molar-refractivity contribution in [2.45, 2.75) is 45.8 Å². The molecule has 0 unspecified atom stereocenters. The van der Waals surface area contributed by atoms with E-state index in [9.17, 15) is 0 Å². The number of methoxy groups -OCH3 is 2. The van der Waals surface area contributed by atoms with Gasteiger partial charge in [0, 0.05) is 19.1 Å². The number of likely N-dealkylation sites (N-methyl/N-ethyl adjacent to an activating group) is 1. The molecule has 0 amide bonds. The number of nitrogen functional groups attached to an aromatic ring is 1. The number of aromatic nitrogens is 4. The zero-order valence-electron chi connectivity index (χ0n) is 20.3. The number of benzene rings is 1. The van der Waals surface area contributed by atoms with Crippen LogP contribution in [-0.2, 0) is 13.1 Å². The molecule has 3 rings (SSSR count). The van der Waals surface area contributed by atoms with E-state index in [1.165, 1.54) is 0 Å². The van der Waals surface area contributed by atoms with Crippen LogP contribution in [0.5, 0.6) is 11.5 Å². The van der Waals surface area contributed by atoms with Gasteiger partial charge in [-0.2, -0.15) is 10.1 Å². The van der Waals surface area contributed by atoms with Gasteiger partial charge in [-0.15, -0.1) is 6.58 Å². The first-order valence-electron chi connectivity index (χ1n) is 11.2. The Morgan fingerprint density at radius 2 is 1.94 bits per heavy atom. The summed E-state index contributed by atoms with van der Waals surface area (Å²) in [5.41, 5.74) is 9.33. The van der Waals surface area contributed by atoms with Crippen LogP contribution in [0.15, 0.2) is 31.0 Å². The van der Waals surface area contributed by atoms with Gasteiger partial charge >= 0.3 is 0 Å². The molecule has 0 radical (unpaired) electrons. The third-order valence-electron chi connectivity index (χ3n) is 5.41. The zero-order chi connectivity index (χ0) is 24.0. The number of fused-ring (bicyclic) bond motifs is 1. The summed E-state index contributed by atoms with van der Waals surface area (Å²) in [6, 6.07) is 4.33. The molecule has 0 fully saturated rings. The molecule has 0 bridgehead atoms. The van der Waals surface area contributed by atoms with Crippen molar-refractivity contribution in [1.82, 2.24) is 24.6 Å². The Morgan fingerprint density at radius 1 is 1.24 bits per heavy atom. The maximum Gasteiger partial charge on any atom is 0.222 e. The molecule has 2 heterocycles. The van der Waals surface area contributed by atoms with Crippen molar-refractivity contribution < 1.29 is 9.47 Å². The molecule has 0 saturated heterocycles. The Labute approximate surface area is 195 Å². The standard InChI is InChI=1S/C24H35N7O2/c1-7-9-16(3)26-23-22-19(27-24(25)28-23)15-31(29-22)14-18-20(32-5)11-17(12-21(18)33-6)13-30(4)10-8-2/h8,11-12,15-16H,2,7,9-10,13-14H2,1,3-6H3,(H3,25,26,27,28)/t16-/m0/s1. The summed E-state index contributed by atoms with van der Waals surface area (Å²) in [4.78, 5) is 10.9. The summed E-state index contributed by atoms with van der Waals surface area (Å²) in [5.74, 6) is 2.36. The lowest BCUT2D eigenvalue weighted by atomic mass is 10.1. The first-order chi connectivity index (χ1) is 15.9. The number of rotatable bonds is 12. The number of ether oxygens (including phenoxy) is 2. The normalized spacial score (nSPS) is 12.2. The van der Waals surface area contributed by atoms with Gasteiger partial charge in [-0.1, -0.05) is 19.4 Å². The highest BCUT2D eigenvalue weighted by molar-refractivity contribution is 5.85. The number of anilines is 2. The lowest BCUT2D eigenvalue weighted by Gasteiger charge is -2.19. The fraction of sp³-hybridized carbons (Fsp3) is 0.458. The smallest absolute Gasteiger partial charge is 0.222 e. The molecular weight excluding hydrogens is 418 g/mol. The van der Waals surface area contributed by atoms with Gasteiger partial charge in [-0.25, -0.2) is 4.98 Å². The Balaban J connectivity index is 1.95.